The highest BCUT2D eigenvalue weighted by molar-refractivity contribution is 7.91. The van der Waals surface area contributed by atoms with E-state index in [9.17, 15) is 8.42 Å². The number of H-pyrrole nitrogens is 1. The van der Waals surface area contributed by atoms with Crippen LogP contribution in [0.4, 0.5) is 5.82 Å². The van der Waals surface area contributed by atoms with Gasteiger partial charge in [0.1, 0.15) is 17.8 Å². The minimum absolute atomic E-state index is 0.0866. The van der Waals surface area contributed by atoms with Gasteiger partial charge in [0, 0.05) is 25.5 Å². The van der Waals surface area contributed by atoms with Gasteiger partial charge in [-0.25, -0.2) is 23.4 Å². The summed E-state index contributed by atoms with van der Waals surface area (Å²) in [5, 5.41) is 1.48. The van der Waals surface area contributed by atoms with E-state index in [4.69, 9.17) is 11.6 Å². The number of aromatic amines is 1. The van der Waals surface area contributed by atoms with E-state index in [0.29, 0.717) is 5.02 Å². The van der Waals surface area contributed by atoms with E-state index < -0.39 is 9.84 Å². The van der Waals surface area contributed by atoms with Crippen LogP contribution in [-0.2, 0) is 9.84 Å². The van der Waals surface area contributed by atoms with Crippen molar-refractivity contribution in [1.29, 1.82) is 0 Å². The number of hydrogen-bond acceptors (Lipinski definition) is 6. The summed E-state index contributed by atoms with van der Waals surface area (Å²) in [6, 6.07) is 5.23. The van der Waals surface area contributed by atoms with Crippen molar-refractivity contribution in [1.82, 2.24) is 19.9 Å². The second kappa shape index (κ2) is 6.51. The molecule has 0 amide bonds. The molecule has 0 unspecified atom stereocenters. The Balaban J connectivity index is 1.42. The molecule has 26 heavy (non-hydrogen) atoms. The van der Waals surface area contributed by atoms with Crippen LogP contribution in [0.3, 0.4) is 0 Å². The highest BCUT2D eigenvalue weighted by Gasteiger charge is 2.36. The van der Waals surface area contributed by atoms with Gasteiger partial charge in [-0.1, -0.05) is 11.6 Å². The van der Waals surface area contributed by atoms with Crippen molar-refractivity contribution in [2.75, 3.05) is 17.7 Å². The molecule has 1 N–H and O–H groups in total. The van der Waals surface area contributed by atoms with Gasteiger partial charge in [-0.2, -0.15) is 0 Å². The lowest BCUT2D eigenvalue weighted by Gasteiger charge is -2.41. The zero-order valence-corrected chi connectivity index (χ0v) is 15.7. The van der Waals surface area contributed by atoms with E-state index in [1.54, 1.807) is 6.07 Å². The van der Waals surface area contributed by atoms with Crippen molar-refractivity contribution < 1.29 is 8.42 Å². The molecule has 1 aliphatic carbocycles. The number of aromatic nitrogens is 4. The maximum absolute atomic E-state index is 12.5. The highest BCUT2D eigenvalue weighted by Crippen LogP contribution is 2.36. The van der Waals surface area contributed by atoms with Crippen LogP contribution < -0.4 is 4.90 Å². The molecule has 0 radical (unpaired) electrons. The van der Waals surface area contributed by atoms with Crippen LogP contribution in [0.25, 0.3) is 11.0 Å². The maximum Gasteiger partial charge on any atom is 0.195 e. The largest absolute Gasteiger partial charge is 0.356 e. The average Bonchev–Trinajstić information content (AvgIpc) is 3.06. The number of pyridine rings is 1. The Hall–Kier alpha value is -2.19. The number of hydrogen-bond donors (Lipinski definition) is 1. The van der Waals surface area contributed by atoms with Gasteiger partial charge in [-0.05, 0) is 37.0 Å². The first-order chi connectivity index (χ1) is 12.4. The first-order valence-corrected chi connectivity index (χ1v) is 10.3. The second-order valence-electron chi connectivity index (χ2n) is 6.64. The van der Waals surface area contributed by atoms with Crippen LogP contribution >= 0.6 is 11.6 Å². The van der Waals surface area contributed by atoms with Crippen molar-refractivity contribution >= 4 is 38.3 Å². The fraction of sp³-hybridized carbons (Fsp3) is 0.353. The molecule has 1 aliphatic rings. The first kappa shape index (κ1) is 17.2. The standard InChI is InChI=1S/C17H18ClN5O2S/c1-23(17-14-4-5-19-16(14)21-10-22-17)13-6-11(7-13)9-26(24,25)15-3-2-12(18)8-20-15/h2-5,8,10-11,13H,6-7,9H2,1H3,(H,19,21,22)/t11-,13+. The lowest BCUT2D eigenvalue weighted by molar-refractivity contribution is 0.282. The molecule has 1 fully saturated rings. The van der Waals surface area contributed by atoms with Crippen LogP contribution in [0.15, 0.2) is 41.9 Å². The van der Waals surface area contributed by atoms with Gasteiger partial charge in [-0.3, -0.25) is 0 Å². The van der Waals surface area contributed by atoms with Crippen LogP contribution in [0.2, 0.25) is 5.02 Å². The first-order valence-electron chi connectivity index (χ1n) is 8.29. The number of fused-ring (bicyclic) bond motifs is 1. The Bertz CT molecular complexity index is 1030. The molecule has 0 spiro atoms. The van der Waals surface area contributed by atoms with Gasteiger partial charge in [-0.15, -0.1) is 0 Å². The van der Waals surface area contributed by atoms with E-state index in [2.05, 4.69) is 24.8 Å². The monoisotopic (exact) mass is 391 g/mol. The maximum atomic E-state index is 12.5. The molecule has 0 aliphatic heterocycles. The van der Waals surface area contributed by atoms with E-state index in [1.807, 2.05) is 19.3 Å². The number of anilines is 1. The van der Waals surface area contributed by atoms with Gasteiger partial charge in [0.25, 0.3) is 0 Å². The van der Waals surface area contributed by atoms with Crippen LogP contribution in [0.5, 0.6) is 0 Å². The highest BCUT2D eigenvalue weighted by atomic mass is 35.5. The molecule has 3 aromatic heterocycles. The number of rotatable bonds is 5. The summed E-state index contributed by atoms with van der Waals surface area (Å²) in [5.41, 5.74) is 0.800. The summed E-state index contributed by atoms with van der Waals surface area (Å²) in [5.74, 6) is 1.09. The molecule has 0 saturated heterocycles. The number of nitrogens with one attached hydrogen (secondary N) is 1. The third kappa shape index (κ3) is 3.14. The Morgan fingerprint density at radius 3 is 2.77 bits per heavy atom. The fourth-order valence-corrected chi connectivity index (χ4v) is 5.07. The van der Waals surface area contributed by atoms with Crippen molar-refractivity contribution in [2.45, 2.75) is 23.9 Å². The predicted octanol–water partition coefficient (Wildman–Crippen LogP) is 2.70. The Morgan fingerprint density at radius 2 is 2.04 bits per heavy atom. The van der Waals surface area contributed by atoms with Gasteiger partial charge < -0.3 is 9.88 Å². The minimum atomic E-state index is -3.40. The third-order valence-electron chi connectivity index (χ3n) is 4.90. The summed E-state index contributed by atoms with van der Waals surface area (Å²) < 4.78 is 25.0. The smallest absolute Gasteiger partial charge is 0.195 e. The third-order valence-corrected chi connectivity index (χ3v) is 6.91. The van der Waals surface area contributed by atoms with Gasteiger partial charge in [0.05, 0.1) is 16.2 Å². The van der Waals surface area contributed by atoms with Crippen molar-refractivity contribution in [3.63, 3.8) is 0 Å². The lowest BCUT2D eigenvalue weighted by Crippen LogP contribution is -2.45. The summed E-state index contributed by atoms with van der Waals surface area (Å²) in [4.78, 5) is 17.7. The molecule has 0 aromatic carbocycles. The molecule has 7 nitrogen and oxygen atoms in total. The number of nitrogens with zero attached hydrogens (tertiary/aromatic N) is 4. The van der Waals surface area contributed by atoms with E-state index in [0.717, 1.165) is 29.7 Å². The van der Waals surface area contributed by atoms with Gasteiger partial charge in [0.15, 0.2) is 14.9 Å². The molecule has 0 bridgehead atoms. The number of sulfone groups is 1. The Kier molecular flexibility index (Phi) is 4.32. The van der Waals surface area contributed by atoms with E-state index in [-0.39, 0.29) is 22.7 Å². The number of halogens is 1. The summed E-state index contributed by atoms with van der Waals surface area (Å²) in [6.45, 7) is 0. The molecule has 3 heterocycles. The van der Waals surface area contributed by atoms with E-state index >= 15 is 0 Å². The van der Waals surface area contributed by atoms with Crippen molar-refractivity contribution in [3.8, 4) is 0 Å². The van der Waals surface area contributed by atoms with Crippen molar-refractivity contribution in [3.05, 3.63) is 41.9 Å². The van der Waals surface area contributed by atoms with Crippen LogP contribution in [0.1, 0.15) is 12.8 Å². The van der Waals surface area contributed by atoms with Gasteiger partial charge >= 0.3 is 0 Å². The molecule has 136 valence electrons. The molecule has 0 atom stereocenters. The molecule has 9 heteroatoms. The summed E-state index contributed by atoms with van der Waals surface area (Å²) in [6.07, 6.45) is 6.35. The molecular weight excluding hydrogens is 374 g/mol. The molecule has 4 rings (SSSR count). The average molecular weight is 392 g/mol. The molecule has 1 saturated carbocycles. The van der Waals surface area contributed by atoms with Gasteiger partial charge in [0.2, 0.25) is 0 Å². The molecular formula is C17H18ClN5O2S. The van der Waals surface area contributed by atoms with Crippen LogP contribution in [-0.4, -0.2) is 47.2 Å². The Morgan fingerprint density at radius 1 is 1.23 bits per heavy atom. The zero-order chi connectivity index (χ0) is 18.3. The zero-order valence-electron chi connectivity index (χ0n) is 14.1. The van der Waals surface area contributed by atoms with Crippen LogP contribution in [0, 0.1) is 5.92 Å². The quantitative estimate of drug-likeness (QED) is 0.718. The normalized spacial score (nSPS) is 20.1. The summed E-state index contributed by atoms with van der Waals surface area (Å²) in [7, 11) is -1.40. The lowest BCUT2D eigenvalue weighted by atomic mass is 9.81. The minimum Gasteiger partial charge on any atom is -0.356 e. The van der Waals surface area contributed by atoms with Crippen molar-refractivity contribution in [2.24, 2.45) is 5.92 Å². The molecule has 3 aromatic rings. The predicted molar refractivity (Wildman–Crippen MR) is 100 cm³/mol. The SMILES string of the molecule is CN(c1ncnc2[nH]ccc12)[C@H]1C[C@@H](CS(=O)(=O)c2ccc(Cl)cn2)C1. The second-order valence-corrected chi connectivity index (χ2v) is 9.05. The summed E-state index contributed by atoms with van der Waals surface area (Å²) >= 11 is 5.78. The van der Waals surface area contributed by atoms with E-state index in [1.165, 1.54) is 18.6 Å². The Labute approximate surface area is 156 Å². The fourth-order valence-electron chi connectivity index (χ4n) is 3.41. The topological polar surface area (TPSA) is 91.8 Å².